The molecule has 1 fully saturated rings. The van der Waals surface area contributed by atoms with E-state index in [0.29, 0.717) is 26.2 Å². The normalized spacial score (nSPS) is 15.3. The summed E-state index contributed by atoms with van der Waals surface area (Å²) < 4.78 is 16.6. The Hall–Kier alpha value is -2.48. The summed E-state index contributed by atoms with van der Waals surface area (Å²) in [5, 5.41) is 0. The first-order chi connectivity index (χ1) is 11.3. The number of nitrogens with two attached hydrogens (primary N) is 1. The summed E-state index contributed by atoms with van der Waals surface area (Å²) in [4.78, 5) is 16.3. The first-order valence-electron chi connectivity index (χ1n) is 7.58. The van der Waals surface area contributed by atoms with Gasteiger partial charge in [0.15, 0.2) is 0 Å². The molecule has 0 bridgehead atoms. The molecule has 23 heavy (non-hydrogen) atoms. The smallest absolute Gasteiger partial charge is 0.324 e. The van der Waals surface area contributed by atoms with Crippen molar-refractivity contribution in [1.29, 1.82) is 0 Å². The molecule has 2 aromatic heterocycles. The van der Waals surface area contributed by atoms with Gasteiger partial charge >= 0.3 is 12.0 Å². The lowest BCUT2D eigenvalue weighted by Crippen LogP contribution is -2.26. The van der Waals surface area contributed by atoms with E-state index in [1.165, 1.54) is 0 Å². The van der Waals surface area contributed by atoms with Gasteiger partial charge in [-0.05, 0) is 12.1 Å². The van der Waals surface area contributed by atoms with Crippen LogP contribution >= 0.6 is 0 Å². The van der Waals surface area contributed by atoms with Crippen molar-refractivity contribution in [2.45, 2.75) is 25.4 Å². The van der Waals surface area contributed by atoms with Gasteiger partial charge in [0.25, 0.3) is 0 Å². The van der Waals surface area contributed by atoms with E-state index in [9.17, 15) is 0 Å². The van der Waals surface area contributed by atoms with E-state index in [-0.39, 0.29) is 24.1 Å². The van der Waals surface area contributed by atoms with Crippen LogP contribution in [-0.4, -0.2) is 45.9 Å². The predicted octanol–water partition coefficient (Wildman–Crippen LogP) is 1.03. The zero-order chi connectivity index (χ0) is 15.9. The number of pyridine rings is 1. The van der Waals surface area contributed by atoms with E-state index in [2.05, 4.69) is 19.9 Å². The van der Waals surface area contributed by atoms with E-state index >= 15 is 0 Å². The van der Waals surface area contributed by atoms with Crippen molar-refractivity contribution >= 4 is 5.95 Å². The van der Waals surface area contributed by atoms with Gasteiger partial charge in [-0.2, -0.15) is 9.97 Å². The van der Waals surface area contributed by atoms with Crippen molar-refractivity contribution < 1.29 is 14.2 Å². The lowest BCUT2D eigenvalue weighted by Gasteiger charge is -2.22. The second-order valence-electron chi connectivity index (χ2n) is 5.11. The van der Waals surface area contributed by atoms with Gasteiger partial charge in [0, 0.05) is 31.2 Å². The number of ether oxygens (including phenoxy) is 3. The number of hydrogen-bond acceptors (Lipinski definition) is 8. The molecule has 0 radical (unpaired) electrons. The molecule has 1 aliphatic rings. The molecule has 0 aromatic carbocycles. The Balaban J connectivity index is 1.56. The minimum Gasteiger partial charge on any atom is -0.463 e. The highest BCUT2D eigenvalue weighted by atomic mass is 16.5. The third-order valence-electron chi connectivity index (χ3n) is 3.37. The van der Waals surface area contributed by atoms with Crippen LogP contribution in [0.2, 0.25) is 0 Å². The third-order valence-corrected chi connectivity index (χ3v) is 3.37. The van der Waals surface area contributed by atoms with Gasteiger partial charge in [-0.15, -0.1) is 4.98 Å². The highest BCUT2D eigenvalue weighted by Crippen LogP contribution is 2.17. The summed E-state index contributed by atoms with van der Waals surface area (Å²) in [5.74, 6) is 0.0786. The first kappa shape index (κ1) is 15.4. The highest BCUT2D eigenvalue weighted by molar-refractivity contribution is 5.20. The van der Waals surface area contributed by atoms with Gasteiger partial charge in [-0.25, -0.2) is 0 Å². The van der Waals surface area contributed by atoms with E-state index in [1.54, 1.807) is 6.20 Å². The molecule has 122 valence electrons. The van der Waals surface area contributed by atoms with E-state index in [4.69, 9.17) is 19.9 Å². The standard InChI is InChI=1S/C15H19N5O3/c16-13-18-14(22-10-4-11-3-1-2-7-17-11)20-15(19-13)23-12-5-8-21-9-6-12/h1-3,7,12H,4-6,8-10H2,(H2,16,18,19,20). The van der Waals surface area contributed by atoms with Crippen LogP contribution in [0.5, 0.6) is 12.0 Å². The Morgan fingerprint density at radius 3 is 2.74 bits per heavy atom. The predicted molar refractivity (Wildman–Crippen MR) is 82.1 cm³/mol. The summed E-state index contributed by atoms with van der Waals surface area (Å²) in [7, 11) is 0. The molecule has 8 nitrogen and oxygen atoms in total. The fourth-order valence-corrected chi connectivity index (χ4v) is 2.21. The van der Waals surface area contributed by atoms with Crippen LogP contribution in [0, 0.1) is 0 Å². The number of hydrogen-bond donors (Lipinski definition) is 1. The third kappa shape index (κ3) is 4.75. The lowest BCUT2D eigenvalue weighted by molar-refractivity contribution is 0.0213. The molecule has 8 heteroatoms. The van der Waals surface area contributed by atoms with Crippen molar-refractivity contribution in [3.63, 3.8) is 0 Å². The summed E-state index contributed by atoms with van der Waals surface area (Å²) >= 11 is 0. The van der Waals surface area contributed by atoms with Crippen LogP contribution in [0.4, 0.5) is 5.95 Å². The quantitative estimate of drug-likeness (QED) is 0.842. The van der Waals surface area contributed by atoms with Crippen molar-refractivity contribution in [2.75, 3.05) is 25.6 Å². The SMILES string of the molecule is Nc1nc(OCCc2ccccn2)nc(OC2CCOCC2)n1. The Kier molecular flexibility index (Phi) is 5.15. The fourth-order valence-electron chi connectivity index (χ4n) is 2.21. The van der Waals surface area contributed by atoms with Crippen LogP contribution in [0.15, 0.2) is 24.4 Å². The average molecular weight is 317 g/mol. The Bertz CT molecular complexity index is 620. The van der Waals surface area contributed by atoms with Gasteiger partial charge in [0.05, 0.1) is 19.8 Å². The number of rotatable bonds is 6. The second kappa shape index (κ2) is 7.68. The molecule has 2 aromatic rings. The first-order valence-corrected chi connectivity index (χ1v) is 7.58. The molecule has 3 rings (SSSR count). The summed E-state index contributed by atoms with van der Waals surface area (Å²) in [5.41, 5.74) is 6.63. The van der Waals surface area contributed by atoms with Crippen LogP contribution < -0.4 is 15.2 Å². The maximum absolute atomic E-state index is 5.73. The highest BCUT2D eigenvalue weighted by Gasteiger charge is 2.17. The van der Waals surface area contributed by atoms with Gasteiger partial charge in [-0.3, -0.25) is 4.98 Å². The van der Waals surface area contributed by atoms with Gasteiger partial charge < -0.3 is 19.9 Å². The molecular weight excluding hydrogens is 298 g/mol. The average Bonchev–Trinajstić information content (AvgIpc) is 2.56. The van der Waals surface area contributed by atoms with Gasteiger partial charge in [0.2, 0.25) is 5.95 Å². The number of aromatic nitrogens is 4. The van der Waals surface area contributed by atoms with Crippen LogP contribution in [0.1, 0.15) is 18.5 Å². The van der Waals surface area contributed by atoms with E-state index < -0.39 is 0 Å². The molecule has 2 N–H and O–H groups in total. The number of nitrogen functional groups attached to an aromatic ring is 1. The monoisotopic (exact) mass is 317 g/mol. The molecule has 0 atom stereocenters. The fraction of sp³-hybridized carbons (Fsp3) is 0.467. The maximum atomic E-state index is 5.73. The Labute approximate surface area is 134 Å². The van der Waals surface area contributed by atoms with Crippen molar-refractivity contribution in [1.82, 2.24) is 19.9 Å². The van der Waals surface area contributed by atoms with Crippen molar-refractivity contribution in [2.24, 2.45) is 0 Å². The molecule has 1 aliphatic heterocycles. The summed E-state index contributed by atoms with van der Waals surface area (Å²) in [6.45, 7) is 1.76. The van der Waals surface area contributed by atoms with Crippen molar-refractivity contribution in [3.05, 3.63) is 30.1 Å². The minimum atomic E-state index is 0.0342. The zero-order valence-electron chi connectivity index (χ0n) is 12.7. The maximum Gasteiger partial charge on any atom is 0.324 e. The van der Waals surface area contributed by atoms with Crippen LogP contribution in [0.3, 0.4) is 0 Å². The van der Waals surface area contributed by atoms with E-state index in [1.807, 2.05) is 18.2 Å². The molecule has 0 amide bonds. The van der Waals surface area contributed by atoms with Gasteiger partial charge in [0.1, 0.15) is 6.10 Å². The van der Waals surface area contributed by atoms with Crippen LogP contribution in [-0.2, 0) is 11.2 Å². The lowest BCUT2D eigenvalue weighted by atomic mass is 10.2. The number of anilines is 1. The molecule has 1 saturated heterocycles. The number of nitrogens with zero attached hydrogens (tertiary/aromatic N) is 4. The second-order valence-corrected chi connectivity index (χ2v) is 5.11. The zero-order valence-corrected chi connectivity index (χ0v) is 12.7. The summed E-state index contributed by atoms with van der Waals surface area (Å²) in [6.07, 6.45) is 4.05. The topological polar surface area (TPSA) is 105 Å². The molecule has 0 unspecified atom stereocenters. The largest absolute Gasteiger partial charge is 0.463 e. The minimum absolute atomic E-state index is 0.0342. The van der Waals surface area contributed by atoms with Crippen molar-refractivity contribution in [3.8, 4) is 12.0 Å². The summed E-state index contributed by atoms with van der Waals surface area (Å²) in [6, 6.07) is 6.10. The molecule has 0 saturated carbocycles. The molecule has 3 heterocycles. The Morgan fingerprint density at radius 1 is 1.13 bits per heavy atom. The Morgan fingerprint density at radius 2 is 1.96 bits per heavy atom. The van der Waals surface area contributed by atoms with Gasteiger partial charge in [-0.1, -0.05) is 6.07 Å². The van der Waals surface area contributed by atoms with E-state index in [0.717, 1.165) is 18.5 Å². The van der Waals surface area contributed by atoms with Crippen LogP contribution in [0.25, 0.3) is 0 Å². The molecule has 0 spiro atoms. The molecule has 0 aliphatic carbocycles. The molecular formula is C15H19N5O3.